The van der Waals surface area contributed by atoms with Crippen molar-refractivity contribution in [2.75, 3.05) is 31.9 Å². The predicted octanol–water partition coefficient (Wildman–Crippen LogP) is 5.61. The zero-order chi connectivity index (χ0) is 44.9. The van der Waals surface area contributed by atoms with Crippen LogP contribution in [0.2, 0.25) is 5.02 Å². The number of carbonyl (C=O) groups is 3. The fourth-order valence-electron chi connectivity index (χ4n) is 3.94. The number of urea groups is 1. The summed E-state index contributed by atoms with van der Waals surface area (Å²) in [6, 6.07) is 5.23. The van der Waals surface area contributed by atoms with Gasteiger partial charge in [0.2, 0.25) is 11.7 Å². The Morgan fingerprint density at radius 2 is 1.76 bits per heavy atom. The minimum atomic E-state index is -4.52. The molecular weight excluding hydrogens is 882 g/mol. The van der Waals surface area contributed by atoms with Crippen molar-refractivity contribution in [3.05, 3.63) is 79.2 Å². The zero-order valence-electron chi connectivity index (χ0n) is 30.8. The number of alkyl halides is 3. The van der Waals surface area contributed by atoms with Gasteiger partial charge in [-0.15, -0.1) is 11.3 Å². The van der Waals surface area contributed by atoms with Gasteiger partial charge in [-0.05, 0) is 56.0 Å². The van der Waals surface area contributed by atoms with E-state index in [1.54, 1.807) is 11.6 Å². The number of hydrogen-bond acceptors (Lipinski definition) is 16. The van der Waals surface area contributed by atoms with E-state index in [1.807, 2.05) is 0 Å². The van der Waals surface area contributed by atoms with Crippen LogP contribution >= 0.6 is 30.3 Å². The maximum atomic E-state index is 12.6. The number of aryl methyl sites for hydroxylation is 1. The number of nitrogens with one attached hydrogen (secondary N) is 2. The minimum Gasteiger partial charge on any atom is -0.487 e. The number of carbonyl (C=O) groups excluding carboxylic acids is 1. The largest absolute Gasteiger partial charge is 0.487 e. The number of methoxy groups -OCH3 is 1. The van der Waals surface area contributed by atoms with E-state index in [4.69, 9.17) is 46.7 Å². The third kappa shape index (κ3) is 16.3. The maximum absolute atomic E-state index is 12.6. The molecule has 2 aromatic heterocycles. The number of rotatable bonds is 14. The maximum Gasteiger partial charge on any atom is 0.416 e. The van der Waals surface area contributed by atoms with Crippen molar-refractivity contribution >= 4 is 69.9 Å². The van der Waals surface area contributed by atoms with Crippen molar-refractivity contribution in [2.45, 2.75) is 37.4 Å². The Kier molecular flexibility index (Phi) is 17.9. The lowest BCUT2D eigenvalue weighted by molar-refractivity contribution is -0.385. The molecule has 2 heterocycles. The fourth-order valence-corrected chi connectivity index (χ4v) is 7.09. The Morgan fingerprint density at radius 1 is 1.10 bits per heavy atom. The van der Waals surface area contributed by atoms with Gasteiger partial charge in [0, 0.05) is 25.0 Å². The monoisotopic (exact) mass is 915 g/mol. The van der Waals surface area contributed by atoms with Crippen molar-refractivity contribution in [1.82, 2.24) is 19.7 Å². The van der Waals surface area contributed by atoms with Crippen LogP contribution in [0.4, 0.5) is 29.6 Å². The highest BCUT2D eigenvalue weighted by Gasteiger charge is 2.31. The van der Waals surface area contributed by atoms with Crippen molar-refractivity contribution in [3.8, 4) is 23.3 Å². The molecule has 4 rings (SSSR count). The molecule has 0 fully saturated rings. The normalized spacial score (nSPS) is 12.5. The Bertz CT molecular complexity index is 2310. The number of halogens is 4. The number of nitrogens with two attached hydrogens (primary N) is 1. The average molecular weight is 916 g/mol. The van der Waals surface area contributed by atoms with Crippen LogP contribution < -0.4 is 30.0 Å². The van der Waals surface area contributed by atoms with Gasteiger partial charge in [-0.2, -0.15) is 28.1 Å². The average Bonchev–Trinajstić information content (AvgIpc) is 3.63. The number of benzene rings is 2. The summed E-state index contributed by atoms with van der Waals surface area (Å²) in [4.78, 5) is 62.4. The summed E-state index contributed by atoms with van der Waals surface area (Å²) in [5.74, 6) is -2.42. The number of ether oxygens (including phenoxy) is 3. The first kappa shape index (κ1) is 49.5. The lowest BCUT2D eigenvalue weighted by atomic mass is 10.2. The third-order valence-electron chi connectivity index (χ3n) is 6.56. The number of aliphatic carboxylic acids is 1. The zero-order valence-corrected chi connectivity index (χ0v) is 34.1. The van der Waals surface area contributed by atoms with Crippen molar-refractivity contribution in [2.24, 2.45) is 5.73 Å². The van der Waals surface area contributed by atoms with Crippen molar-refractivity contribution in [3.63, 3.8) is 0 Å². The molecule has 4 aromatic rings. The van der Waals surface area contributed by atoms with E-state index < -0.39 is 67.8 Å². The molecule has 0 aliphatic heterocycles. The summed E-state index contributed by atoms with van der Waals surface area (Å²) in [6.07, 6.45) is -4.52. The number of nitro groups is 1. The lowest BCUT2D eigenvalue weighted by Crippen LogP contribution is -2.35. The molecule has 0 saturated heterocycles. The van der Waals surface area contributed by atoms with Crippen LogP contribution in [0.15, 0.2) is 52.7 Å². The SMILES string of the molecule is CCOc1cc(Oc2ccc(C(F)(F)F)cc2Cl)ccc1[N+](=O)[O-].COc1nc(C)nc(NC(=O)NS(=O)(=O)c2ccsc2C(=O)O)n1.CP(=O)(O)CCC(N)C(=O)O. The van der Waals surface area contributed by atoms with E-state index in [0.29, 0.717) is 0 Å². The molecule has 0 spiro atoms. The number of carboxylic acids is 2. The smallest absolute Gasteiger partial charge is 0.416 e. The van der Waals surface area contributed by atoms with E-state index in [1.165, 1.54) is 44.3 Å². The second-order valence-corrected chi connectivity index (χ2v) is 16.8. The molecule has 322 valence electrons. The Morgan fingerprint density at radius 3 is 2.29 bits per heavy atom. The lowest BCUT2D eigenvalue weighted by Gasteiger charge is -2.12. The van der Waals surface area contributed by atoms with Crippen LogP contribution in [-0.4, -0.2) is 94.0 Å². The number of nitrogens with zero attached hydrogens (tertiary/aromatic N) is 4. The van der Waals surface area contributed by atoms with Gasteiger partial charge in [0.05, 0.1) is 29.2 Å². The van der Waals surface area contributed by atoms with Crippen LogP contribution in [0.25, 0.3) is 0 Å². The quantitative estimate of drug-likeness (QED) is 0.0509. The highest BCUT2D eigenvalue weighted by Crippen LogP contribution is 2.39. The first-order chi connectivity index (χ1) is 27.3. The Balaban J connectivity index is 0.000000327. The molecule has 2 atom stereocenters. The van der Waals surface area contributed by atoms with Crippen LogP contribution in [-0.2, 0) is 25.6 Å². The third-order valence-corrected chi connectivity index (χ3v) is 10.3. The van der Waals surface area contributed by atoms with Gasteiger partial charge in [0.25, 0.3) is 10.0 Å². The van der Waals surface area contributed by atoms with E-state index >= 15 is 0 Å². The molecule has 0 bridgehead atoms. The Labute approximate surface area is 341 Å². The number of amides is 2. The van der Waals surface area contributed by atoms with Crippen LogP contribution in [0, 0.1) is 17.0 Å². The number of nitro benzene ring substituents is 1. The highest BCUT2D eigenvalue weighted by atomic mass is 35.5. The summed E-state index contributed by atoms with van der Waals surface area (Å²) in [6.45, 7) is 4.56. The van der Waals surface area contributed by atoms with Crippen molar-refractivity contribution < 1.29 is 74.8 Å². The van der Waals surface area contributed by atoms with Gasteiger partial charge in [0.1, 0.15) is 33.1 Å². The molecule has 0 aliphatic carbocycles. The van der Waals surface area contributed by atoms with Gasteiger partial charge in [0.15, 0.2) is 7.37 Å². The second kappa shape index (κ2) is 21.4. The first-order valence-corrected chi connectivity index (χ1v) is 21.0. The Hall–Kier alpha value is -5.66. The summed E-state index contributed by atoms with van der Waals surface area (Å²) in [7, 11) is -6.16. The molecule has 2 amide bonds. The molecular formula is C31H34ClF3N7O14PS2. The highest BCUT2D eigenvalue weighted by molar-refractivity contribution is 7.90. The van der Waals surface area contributed by atoms with E-state index in [9.17, 15) is 50.7 Å². The molecule has 59 heavy (non-hydrogen) atoms. The number of aromatic carboxylic acids is 1. The summed E-state index contributed by atoms with van der Waals surface area (Å²) in [5, 5.41) is 31.3. The topological polar surface area (TPSA) is 323 Å². The van der Waals surface area contributed by atoms with E-state index in [0.717, 1.165) is 35.6 Å². The standard InChI is InChI=1S/C15H11ClF3NO4.C11H11N5O6S2.C5H12NO4P/c1-2-23-14-8-10(4-5-12(14)20(21)22)24-13-6-3-9(7-11(13)16)15(17,18)19;1-5-12-9(15-11(13-5)22-2)14-10(19)16-24(20,21)6-3-4-23-7(6)8(17)18;1-11(9,10)3-2-4(6)5(7)8/h3-8H,2H2,1H3;3-4H,1-2H3,(H,17,18)(H2,12,13,14,15,16,19);4H,2-3,6H2,1H3,(H,7,8)(H,9,10). The van der Waals surface area contributed by atoms with Crippen LogP contribution in [0.1, 0.15) is 34.4 Å². The molecule has 7 N–H and O–H groups in total. The number of aromatic nitrogens is 3. The predicted molar refractivity (Wildman–Crippen MR) is 203 cm³/mol. The minimum absolute atomic E-state index is 0.0111. The number of hydrogen-bond donors (Lipinski definition) is 6. The molecule has 21 nitrogen and oxygen atoms in total. The van der Waals surface area contributed by atoms with E-state index in [2.05, 4.69) is 20.3 Å². The second-order valence-electron chi connectivity index (χ2n) is 11.2. The van der Waals surface area contributed by atoms with Gasteiger partial charge >= 0.3 is 35.8 Å². The molecule has 2 aromatic carbocycles. The van der Waals surface area contributed by atoms with Gasteiger partial charge in [-0.3, -0.25) is 24.8 Å². The van der Waals surface area contributed by atoms with Gasteiger partial charge < -0.3 is 35.1 Å². The first-order valence-electron chi connectivity index (χ1n) is 15.9. The number of anilines is 1. The number of sulfonamides is 1. The molecule has 2 unspecified atom stereocenters. The summed E-state index contributed by atoms with van der Waals surface area (Å²) >= 11 is 6.53. The van der Waals surface area contributed by atoms with Gasteiger partial charge in [-0.1, -0.05) is 11.6 Å². The van der Waals surface area contributed by atoms with Crippen molar-refractivity contribution in [1.29, 1.82) is 0 Å². The van der Waals surface area contributed by atoms with Crippen LogP contribution in [0.5, 0.6) is 23.3 Å². The molecule has 28 heteroatoms. The molecule has 0 saturated carbocycles. The number of carboxylic acid groups (broad SMARTS) is 2. The van der Waals surface area contributed by atoms with Gasteiger partial charge in [-0.25, -0.2) is 22.7 Å². The van der Waals surface area contributed by atoms with E-state index in [-0.39, 0.29) is 64.9 Å². The summed E-state index contributed by atoms with van der Waals surface area (Å²) in [5.41, 5.74) is 3.94. The molecule has 0 aliphatic rings. The fraction of sp³-hybridized carbons (Fsp3) is 0.290. The molecule has 0 radical (unpaired) electrons. The summed E-state index contributed by atoms with van der Waals surface area (Å²) < 4.78 is 89.7. The van der Waals surface area contributed by atoms with Crippen LogP contribution in [0.3, 0.4) is 0 Å². The number of thiophene rings is 1.